The second-order valence-electron chi connectivity index (χ2n) is 4.11. The van der Waals surface area contributed by atoms with Gasteiger partial charge in [0.1, 0.15) is 6.04 Å². The summed E-state index contributed by atoms with van der Waals surface area (Å²) in [6.07, 6.45) is 1.41. The molecule has 2 unspecified atom stereocenters. The number of hydrogen-bond donors (Lipinski definition) is 3. The SMILES string of the molecule is CNC(C)CNC(=O)C(C)NC(=O)c1ccco1.Cl. The predicted molar refractivity (Wildman–Crippen MR) is 74.4 cm³/mol. The smallest absolute Gasteiger partial charge is 0.287 e. The molecular formula is C12H20ClN3O3. The summed E-state index contributed by atoms with van der Waals surface area (Å²) in [6.45, 7) is 4.09. The molecule has 3 N–H and O–H groups in total. The van der Waals surface area contributed by atoms with E-state index in [0.717, 1.165) is 0 Å². The standard InChI is InChI=1S/C12H19N3O3.ClH/c1-8(13-3)7-14-11(16)9(2)15-12(17)10-5-4-6-18-10;/h4-6,8-9,13H,7H2,1-3H3,(H,14,16)(H,15,17);1H. The molecule has 108 valence electrons. The first-order valence-electron chi connectivity index (χ1n) is 5.84. The van der Waals surface area contributed by atoms with Crippen molar-refractivity contribution in [3.05, 3.63) is 24.2 Å². The van der Waals surface area contributed by atoms with Crippen molar-refractivity contribution in [1.29, 1.82) is 0 Å². The van der Waals surface area contributed by atoms with Gasteiger partial charge in [0, 0.05) is 12.6 Å². The summed E-state index contributed by atoms with van der Waals surface area (Å²) in [7, 11) is 1.82. The van der Waals surface area contributed by atoms with E-state index in [0.29, 0.717) is 6.54 Å². The van der Waals surface area contributed by atoms with E-state index < -0.39 is 11.9 Å². The lowest BCUT2D eigenvalue weighted by Crippen LogP contribution is -2.47. The van der Waals surface area contributed by atoms with E-state index in [1.54, 1.807) is 19.1 Å². The molecule has 1 aromatic heterocycles. The van der Waals surface area contributed by atoms with E-state index in [-0.39, 0.29) is 30.1 Å². The normalized spacial score (nSPS) is 13.0. The molecular weight excluding hydrogens is 270 g/mol. The van der Waals surface area contributed by atoms with Crippen LogP contribution in [0.1, 0.15) is 24.4 Å². The van der Waals surface area contributed by atoms with Crippen LogP contribution < -0.4 is 16.0 Å². The third-order valence-corrected chi connectivity index (χ3v) is 2.56. The molecule has 0 aliphatic rings. The van der Waals surface area contributed by atoms with Gasteiger partial charge in [0.25, 0.3) is 5.91 Å². The fraction of sp³-hybridized carbons (Fsp3) is 0.500. The lowest BCUT2D eigenvalue weighted by atomic mass is 10.2. The molecule has 1 rings (SSSR count). The Morgan fingerprint density at radius 2 is 2.05 bits per heavy atom. The topological polar surface area (TPSA) is 83.4 Å². The first-order chi connectivity index (χ1) is 8.54. The van der Waals surface area contributed by atoms with Crippen LogP contribution in [0.5, 0.6) is 0 Å². The number of carbonyl (C=O) groups excluding carboxylic acids is 2. The van der Waals surface area contributed by atoms with Crippen LogP contribution in [-0.4, -0.2) is 37.5 Å². The molecule has 1 heterocycles. The van der Waals surface area contributed by atoms with Crippen LogP contribution in [0.3, 0.4) is 0 Å². The molecule has 2 atom stereocenters. The first-order valence-corrected chi connectivity index (χ1v) is 5.84. The van der Waals surface area contributed by atoms with E-state index in [9.17, 15) is 9.59 Å². The van der Waals surface area contributed by atoms with Gasteiger partial charge in [0.05, 0.1) is 6.26 Å². The average Bonchev–Trinajstić information content (AvgIpc) is 2.89. The Kier molecular flexibility index (Phi) is 7.86. The Balaban J connectivity index is 0.00000324. The van der Waals surface area contributed by atoms with Crippen molar-refractivity contribution in [2.75, 3.05) is 13.6 Å². The Hall–Kier alpha value is -1.53. The Labute approximate surface area is 118 Å². The van der Waals surface area contributed by atoms with Crippen molar-refractivity contribution in [3.8, 4) is 0 Å². The molecule has 19 heavy (non-hydrogen) atoms. The number of furan rings is 1. The summed E-state index contributed by atoms with van der Waals surface area (Å²) >= 11 is 0. The van der Waals surface area contributed by atoms with Crippen LogP contribution in [0.25, 0.3) is 0 Å². The molecule has 1 aromatic rings. The highest BCUT2D eigenvalue weighted by Crippen LogP contribution is 1.99. The van der Waals surface area contributed by atoms with Gasteiger partial charge in [-0.15, -0.1) is 12.4 Å². The van der Waals surface area contributed by atoms with Crippen LogP contribution in [0.2, 0.25) is 0 Å². The lowest BCUT2D eigenvalue weighted by Gasteiger charge is -2.16. The maximum Gasteiger partial charge on any atom is 0.287 e. The number of hydrogen-bond acceptors (Lipinski definition) is 4. The summed E-state index contributed by atoms with van der Waals surface area (Å²) < 4.78 is 4.94. The zero-order valence-electron chi connectivity index (χ0n) is 11.2. The minimum atomic E-state index is -0.605. The molecule has 0 saturated carbocycles. The largest absolute Gasteiger partial charge is 0.459 e. The van der Waals surface area contributed by atoms with Gasteiger partial charge in [0.2, 0.25) is 5.91 Å². The highest BCUT2D eigenvalue weighted by atomic mass is 35.5. The highest BCUT2D eigenvalue weighted by molar-refractivity contribution is 5.95. The quantitative estimate of drug-likeness (QED) is 0.714. The molecule has 0 fully saturated rings. The van der Waals surface area contributed by atoms with Gasteiger partial charge < -0.3 is 20.4 Å². The highest BCUT2D eigenvalue weighted by Gasteiger charge is 2.17. The zero-order chi connectivity index (χ0) is 13.5. The van der Waals surface area contributed by atoms with Gasteiger partial charge >= 0.3 is 0 Å². The van der Waals surface area contributed by atoms with Crippen molar-refractivity contribution in [2.45, 2.75) is 25.9 Å². The van der Waals surface area contributed by atoms with Crippen molar-refractivity contribution >= 4 is 24.2 Å². The fourth-order valence-corrected chi connectivity index (χ4v) is 1.25. The molecule has 0 aliphatic carbocycles. The fourth-order valence-electron chi connectivity index (χ4n) is 1.25. The van der Waals surface area contributed by atoms with Crippen LogP contribution in [0, 0.1) is 0 Å². The van der Waals surface area contributed by atoms with E-state index >= 15 is 0 Å². The zero-order valence-corrected chi connectivity index (χ0v) is 12.0. The van der Waals surface area contributed by atoms with Crippen molar-refractivity contribution < 1.29 is 14.0 Å². The maximum atomic E-state index is 11.7. The molecule has 6 nitrogen and oxygen atoms in total. The number of halogens is 1. The second-order valence-corrected chi connectivity index (χ2v) is 4.11. The number of carbonyl (C=O) groups is 2. The van der Waals surface area contributed by atoms with Gasteiger partial charge in [-0.25, -0.2) is 0 Å². The maximum absolute atomic E-state index is 11.7. The van der Waals surface area contributed by atoms with Gasteiger partial charge in [-0.1, -0.05) is 0 Å². The summed E-state index contributed by atoms with van der Waals surface area (Å²) in [5.74, 6) is -0.431. The molecule has 7 heteroatoms. The van der Waals surface area contributed by atoms with Crippen molar-refractivity contribution in [3.63, 3.8) is 0 Å². The summed E-state index contributed by atoms with van der Waals surface area (Å²) in [4.78, 5) is 23.3. The molecule has 0 bridgehead atoms. The van der Waals surface area contributed by atoms with Crippen molar-refractivity contribution in [2.24, 2.45) is 0 Å². The van der Waals surface area contributed by atoms with Gasteiger partial charge in [-0.2, -0.15) is 0 Å². The van der Waals surface area contributed by atoms with Gasteiger partial charge in [-0.3, -0.25) is 9.59 Å². The molecule has 0 saturated heterocycles. The van der Waals surface area contributed by atoms with Crippen LogP contribution >= 0.6 is 12.4 Å². The summed E-state index contributed by atoms with van der Waals surface area (Å²) in [5, 5.41) is 8.30. The molecule has 0 radical (unpaired) electrons. The van der Waals surface area contributed by atoms with E-state index in [4.69, 9.17) is 4.42 Å². The number of rotatable bonds is 6. The van der Waals surface area contributed by atoms with Gasteiger partial charge in [0.15, 0.2) is 5.76 Å². The first kappa shape index (κ1) is 17.5. The average molecular weight is 290 g/mol. The lowest BCUT2D eigenvalue weighted by molar-refractivity contribution is -0.122. The van der Waals surface area contributed by atoms with Gasteiger partial charge in [-0.05, 0) is 33.0 Å². The number of nitrogens with one attached hydrogen (secondary N) is 3. The molecule has 0 aliphatic heterocycles. The number of amides is 2. The minimum absolute atomic E-state index is 0. The molecule has 2 amide bonds. The van der Waals surface area contributed by atoms with Crippen LogP contribution in [-0.2, 0) is 4.79 Å². The Bertz CT molecular complexity index is 395. The monoisotopic (exact) mass is 289 g/mol. The number of likely N-dealkylation sites (N-methyl/N-ethyl adjacent to an activating group) is 1. The third-order valence-electron chi connectivity index (χ3n) is 2.56. The van der Waals surface area contributed by atoms with E-state index in [2.05, 4.69) is 16.0 Å². The van der Waals surface area contributed by atoms with Crippen LogP contribution in [0.15, 0.2) is 22.8 Å². The van der Waals surface area contributed by atoms with E-state index in [1.807, 2.05) is 14.0 Å². The van der Waals surface area contributed by atoms with Crippen molar-refractivity contribution in [1.82, 2.24) is 16.0 Å². The Morgan fingerprint density at radius 3 is 2.58 bits per heavy atom. The minimum Gasteiger partial charge on any atom is -0.459 e. The van der Waals surface area contributed by atoms with Crippen LogP contribution in [0.4, 0.5) is 0 Å². The molecule has 0 spiro atoms. The van der Waals surface area contributed by atoms with E-state index in [1.165, 1.54) is 6.26 Å². The Morgan fingerprint density at radius 1 is 1.37 bits per heavy atom. The molecule has 0 aromatic carbocycles. The third kappa shape index (κ3) is 5.76. The predicted octanol–water partition coefficient (Wildman–Crippen LogP) is 0.544. The summed E-state index contributed by atoms with van der Waals surface area (Å²) in [5.41, 5.74) is 0. The summed E-state index contributed by atoms with van der Waals surface area (Å²) in [6, 6.07) is 2.74. The second kappa shape index (κ2) is 8.55.